The maximum absolute atomic E-state index is 13.9. The van der Waals surface area contributed by atoms with Gasteiger partial charge in [-0.2, -0.15) is 7.05 Å². The first-order chi connectivity index (χ1) is 16.9. The van der Waals surface area contributed by atoms with E-state index in [1.165, 1.54) is 18.5 Å². The number of nitrogens with one attached hydrogen (secondary N) is 3. The summed E-state index contributed by atoms with van der Waals surface area (Å²) in [5.41, 5.74) is 13.5. The Labute approximate surface area is 241 Å². The summed E-state index contributed by atoms with van der Waals surface area (Å²) < 4.78 is 27.8. The Kier molecular flexibility index (Phi) is 18.9. The van der Waals surface area contributed by atoms with Gasteiger partial charge in [-0.3, -0.25) is 4.99 Å². The molecule has 1 aliphatic rings. The third-order valence-electron chi connectivity index (χ3n) is 5.66. The van der Waals surface area contributed by atoms with Gasteiger partial charge in [0, 0.05) is 87.3 Å². The van der Waals surface area contributed by atoms with Crippen LogP contribution in [-0.2, 0) is 39.1 Å². The van der Waals surface area contributed by atoms with E-state index in [9.17, 15) is 8.78 Å². The van der Waals surface area contributed by atoms with Crippen LogP contribution in [0.2, 0.25) is 0 Å². The number of halogens is 2. The standard InChI is InChI=1S/C24H38F2N7.C2H6.Y/c1-5-6-18-11-21(19(13-27)14-28-3)22(24(25)26)12-23(18)31-16-33(29-4)10-8-17(2)32-20-7-9-30-15-20;1-2;/h11-14,20,24,30-32H,2,5-10,15-16,27H2,1,3-4H3;1-2H3;/q-1;;/b19-13+,28-14?;;. The normalized spacial score (nSPS) is 15.6. The van der Waals surface area contributed by atoms with Crippen LogP contribution >= 0.6 is 0 Å². The molecule has 0 aromatic heterocycles. The minimum atomic E-state index is -2.64. The monoisotopic (exact) mass is 581 g/mol. The number of benzene rings is 1. The SMILES string of the molecule is C=C(CCN(CNc1cc(C(F)F)c(/C(C=NC)=C/N)cc1CCC)[N-]C)NC1CCNC1.CC.[Y]. The second-order valence-corrected chi connectivity index (χ2v) is 8.11. The molecule has 0 spiro atoms. The van der Waals surface area contributed by atoms with Crippen LogP contribution in [0, 0.1) is 0 Å². The van der Waals surface area contributed by atoms with Crippen molar-refractivity contribution >= 4 is 17.5 Å². The Morgan fingerprint density at radius 2 is 2.11 bits per heavy atom. The van der Waals surface area contributed by atoms with Crippen molar-refractivity contribution in [3.8, 4) is 0 Å². The molecule has 7 nitrogen and oxygen atoms in total. The molecule has 0 saturated carbocycles. The molecule has 1 unspecified atom stereocenters. The van der Waals surface area contributed by atoms with Crippen LogP contribution in [-0.4, -0.2) is 57.7 Å². The molecule has 1 aromatic rings. The smallest absolute Gasteiger partial charge is 0.264 e. The van der Waals surface area contributed by atoms with E-state index in [1.807, 2.05) is 18.9 Å². The Morgan fingerprint density at radius 1 is 1.39 bits per heavy atom. The van der Waals surface area contributed by atoms with Gasteiger partial charge in [-0.05, 0) is 55.6 Å². The Balaban J connectivity index is 0.00000398. The Bertz CT molecular complexity index is 825. The molecular formula is C26H44F2N7Y-. The van der Waals surface area contributed by atoms with Crippen LogP contribution in [0.25, 0.3) is 11.0 Å². The summed E-state index contributed by atoms with van der Waals surface area (Å²) in [6, 6.07) is 3.75. The Morgan fingerprint density at radius 3 is 2.64 bits per heavy atom. The number of anilines is 1. The maximum atomic E-state index is 13.9. The molecule has 2 rings (SSSR count). The van der Waals surface area contributed by atoms with Gasteiger partial charge in [0.05, 0.1) is 6.67 Å². The van der Waals surface area contributed by atoms with Gasteiger partial charge in [0.1, 0.15) is 0 Å². The number of alkyl halides is 2. The van der Waals surface area contributed by atoms with Crippen molar-refractivity contribution < 1.29 is 41.5 Å². The zero-order valence-corrected chi connectivity index (χ0v) is 25.4. The second kappa shape index (κ2) is 19.7. The average Bonchev–Trinajstić information content (AvgIpc) is 3.37. The molecule has 0 aliphatic carbocycles. The van der Waals surface area contributed by atoms with Crippen molar-refractivity contribution in [1.29, 1.82) is 0 Å². The van der Waals surface area contributed by atoms with Gasteiger partial charge in [0.15, 0.2) is 0 Å². The first kappa shape index (κ1) is 34.6. The van der Waals surface area contributed by atoms with Gasteiger partial charge in [0.25, 0.3) is 6.43 Å². The fraction of sp³-hybridized carbons (Fsp3) is 0.577. The van der Waals surface area contributed by atoms with E-state index >= 15 is 0 Å². The Hall–Kier alpha value is -1.39. The predicted molar refractivity (Wildman–Crippen MR) is 146 cm³/mol. The zero-order valence-electron chi connectivity index (χ0n) is 22.6. The molecule has 1 atom stereocenters. The first-order valence-corrected chi connectivity index (χ1v) is 12.5. The predicted octanol–water partition coefficient (Wildman–Crippen LogP) is 5.05. The molecule has 0 amide bonds. The van der Waals surface area contributed by atoms with Gasteiger partial charge < -0.3 is 32.1 Å². The number of rotatable bonds is 14. The van der Waals surface area contributed by atoms with E-state index < -0.39 is 6.43 Å². The summed E-state index contributed by atoms with van der Waals surface area (Å²) >= 11 is 0. The van der Waals surface area contributed by atoms with Crippen LogP contribution in [0.5, 0.6) is 0 Å². The van der Waals surface area contributed by atoms with Crippen molar-refractivity contribution in [1.82, 2.24) is 15.6 Å². The average molecular weight is 582 g/mol. The molecule has 5 N–H and O–H groups in total. The summed E-state index contributed by atoms with van der Waals surface area (Å²) in [6.07, 6.45) is 3.66. The fourth-order valence-corrected chi connectivity index (χ4v) is 3.90. The number of nitrogens with zero attached hydrogens (tertiary/aromatic N) is 3. The van der Waals surface area contributed by atoms with Gasteiger partial charge in [-0.1, -0.05) is 33.8 Å². The van der Waals surface area contributed by atoms with Gasteiger partial charge in [0.2, 0.25) is 0 Å². The van der Waals surface area contributed by atoms with Crippen molar-refractivity contribution in [3.05, 3.63) is 52.7 Å². The van der Waals surface area contributed by atoms with E-state index in [2.05, 4.69) is 39.9 Å². The topological polar surface area (TPSA) is 91.8 Å². The molecule has 1 heterocycles. The fourth-order valence-electron chi connectivity index (χ4n) is 3.90. The van der Waals surface area contributed by atoms with E-state index in [4.69, 9.17) is 5.73 Å². The van der Waals surface area contributed by atoms with E-state index in [0.717, 1.165) is 50.0 Å². The van der Waals surface area contributed by atoms with Crippen LogP contribution in [0.15, 0.2) is 35.6 Å². The number of hydrogen-bond donors (Lipinski definition) is 4. The summed E-state index contributed by atoms with van der Waals surface area (Å²) in [5, 5.41) is 12.0. The molecule has 1 fully saturated rings. The minimum absolute atomic E-state index is 0. The molecule has 0 bridgehead atoms. The number of hydrogen-bond acceptors (Lipinski definition) is 6. The largest absolute Gasteiger partial charge is 0.596 e. The van der Waals surface area contributed by atoms with Crippen molar-refractivity contribution in [2.24, 2.45) is 10.7 Å². The van der Waals surface area contributed by atoms with Crippen molar-refractivity contribution in [2.75, 3.05) is 45.7 Å². The van der Waals surface area contributed by atoms with Crippen LogP contribution < -0.4 is 21.7 Å². The van der Waals surface area contributed by atoms with Gasteiger partial charge in [-0.25, -0.2) is 8.78 Å². The molecule has 201 valence electrons. The van der Waals surface area contributed by atoms with Crippen molar-refractivity contribution in [3.63, 3.8) is 0 Å². The molecule has 1 radical (unpaired) electrons. The summed E-state index contributed by atoms with van der Waals surface area (Å²) in [6.45, 7) is 13.2. The molecule has 1 saturated heterocycles. The number of allylic oxidation sites excluding steroid dienone is 1. The summed E-state index contributed by atoms with van der Waals surface area (Å²) in [4.78, 5) is 3.95. The summed E-state index contributed by atoms with van der Waals surface area (Å²) in [7, 11) is 3.31. The molecule has 1 aliphatic heterocycles. The number of aliphatic imine (C=N–C) groups is 1. The van der Waals surface area contributed by atoms with Gasteiger partial charge >= 0.3 is 0 Å². The number of nitrogens with two attached hydrogens (primary N) is 1. The third-order valence-corrected chi connectivity index (χ3v) is 5.66. The van der Waals surface area contributed by atoms with Crippen LogP contribution in [0.1, 0.15) is 63.1 Å². The molecule has 36 heavy (non-hydrogen) atoms. The van der Waals surface area contributed by atoms with E-state index in [-0.39, 0.29) is 38.3 Å². The van der Waals surface area contributed by atoms with Crippen molar-refractivity contribution in [2.45, 2.75) is 58.9 Å². The summed E-state index contributed by atoms with van der Waals surface area (Å²) in [5.74, 6) is 0. The minimum Gasteiger partial charge on any atom is -0.596 e. The zero-order chi connectivity index (χ0) is 26.2. The first-order valence-electron chi connectivity index (χ1n) is 12.5. The molecular weight excluding hydrogens is 537 g/mol. The second-order valence-electron chi connectivity index (χ2n) is 8.11. The third kappa shape index (κ3) is 11.3. The van der Waals surface area contributed by atoms with Gasteiger partial charge in [-0.15, -0.1) is 0 Å². The van der Waals surface area contributed by atoms with E-state index in [1.54, 1.807) is 20.2 Å². The number of aryl methyl sites for hydroxylation is 1. The maximum Gasteiger partial charge on any atom is 0.264 e. The molecule has 10 heteroatoms. The molecule has 1 aromatic carbocycles. The van der Waals surface area contributed by atoms with Crippen LogP contribution in [0.4, 0.5) is 14.5 Å². The quantitative estimate of drug-likeness (QED) is 0.140. The van der Waals surface area contributed by atoms with E-state index in [0.29, 0.717) is 36.1 Å². The van der Waals surface area contributed by atoms with Crippen LogP contribution in [0.3, 0.4) is 0 Å².